The molecule has 0 saturated heterocycles. The largest absolute Gasteiger partial charge is 0.435 e. The average Bonchev–Trinajstić information content (AvgIpc) is 3.39. The number of fused-ring (bicyclic) bond motifs is 1. The van der Waals surface area contributed by atoms with Gasteiger partial charge >= 0.3 is 6.18 Å². The second-order valence-corrected chi connectivity index (χ2v) is 8.20. The van der Waals surface area contributed by atoms with Gasteiger partial charge in [0.15, 0.2) is 11.5 Å². The predicted octanol–water partition coefficient (Wildman–Crippen LogP) is 2.05. The van der Waals surface area contributed by atoms with Crippen LogP contribution >= 0.6 is 0 Å². The second-order valence-electron chi connectivity index (χ2n) is 8.20. The van der Waals surface area contributed by atoms with Gasteiger partial charge in [-0.1, -0.05) is 0 Å². The van der Waals surface area contributed by atoms with Gasteiger partial charge in [-0.2, -0.15) is 23.4 Å². The van der Waals surface area contributed by atoms with Crippen molar-refractivity contribution in [2.75, 3.05) is 24.4 Å². The third kappa shape index (κ3) is 4.74. The van der Waals surface area contributed by atoms with E-state index in [1.807, 2.05) is 6.92 Å². The van der Waals surface area contributed by atoms with E-state index >= 15 is 0 Å². The molecule has 4 heterocycles. The highest BCUT2D eigenvalue weighted by atomic mass is 19.4. The lowest BCUT2D eigenvalue weighted by molar-refractivity contribution is -0.141. The van der Waals surface area contributed by atoms with E-state index in [-0.39, 0.29) is 18.6 Å². The molecule has 0 aliphatic carbocycles. The first kappa shape index (κ1) is 23.7. The molecule has 1 amide bonds. The van der Waals surface area contributed by atoms with Crippen molar-refractivity contribution in [1.29, 1.82) is 0 Å². The molecule has 0 aromatic carbocycles. The number of carbonyl (C=O) groups excluding carboxylic acids is 1. The molecule has 0 fully saturated rings. The number of nitrogens with zero attached hydrogens (tertiary/aromatic N) is 7. The summed E-state index contributed by atoms with van der Waals surface area (Å²) in [5.41, 5.74) is 0.903. The molecule has 3 aromatic rings. The van der Waals surface area contributed by atoms with Crippen molar-refractivity contribution in [1.82, 2.24) is 29.5 Å². The first-order chi connectivity index (χ1) is 16.1. The summed E-state index contributed by atoms with van der Waals surface area (Å²) in [6.07, 6.45) is 1.33. The molecule has 0 unspecified atom stereocenters. The monoisotopic (exact) mass is 478 g/mol. The van der Waals surface area contributed by atoms with Crippen molar-refractivity contribution in [3.63, 3.8) is 0 Å². The Morgan fingerprint density at radius 3 is 2.68 bits per heavy atom. The molecule has 0 bridgehead atoms. The molecular weight excluding hydrogens is 453 g/mol. The molecule has 13 heteroatoms. The zero-order valence-corrected chi connectivity index (χ0v) is 19.2. The number of anilines is 2. The van der Waals surface area contributed by atoms with Crippen molar-refractivity contribution < 1.29 is 22.7 Å². The number of hydrogen-bond acceptors (Lipinski definition) is 7. The van der Waals surface area contributed by atoms with Gasteiger partial charge in [0.1, 0.15) is 17.6 Å². The van der Waals surface area contributed by atoms with Crippen LogP contribution in [0, 0.1) is 0 Å². The highest BCUT2D eigenvalue weighted by molar-refractivity contribution is 6.02. The summed E-state index contributed by atoms with van der Waals surface area (Å²) in [6, 6.07) is 0.512. The molecule has 1 aliphatic rings. The maximum atomic E-state index is 12.9. The molecule has 1 N–H and O–H groups in total. The van der Waals surface area contributed by atoms with Crippen LogP contribution in [0.5, 0.6) is 0 Å². The number of aryl methyl sites for hydroxylation is 3. The van der Waals surface area contributed by atoms with Crippen LogP contribution in [-0.2, 0) is 42.1 Å². The number of ether oxygens (including phenoxy) is 1. The van der Waals surface area contributed by atoms with Crippen LogP contribution in [-0.4, -0.2) is 61.7 Å². The third-order valence-corrected chi connectivity index (χ3v) is 5.83. The number of halogens is 3. The fraction of sp³-hybridized carbons (Fsp3) is 0.476. The molecule has 0 saturated carbocycles. The van der Waals surface area contributed by atoms with E-state index in [1.165, 1.54) is 11.7 Å². The quantitative estimate of drug-likeness (QED) is 0.555. The van der Waals surface area contributed by atoms with Gasteiger partial charge in [0, 0.05) is 33.8 Å². The third-order valence-electron chi connectivity index (χ3n) is 5.83. The Kier molecular flexibility index (Phi) is 6.30. The summed E-state index contributed by atoms with van der Waals surface area (Å²) in [4.78, 5) is 23.2. The van der Waals surface area contributed by atoms with Crippen molar-refractivity contribution in [3.05, 3.63) is 47.4 Å². The van der Waals surface area contributed by atoms with Gasteiger partial charge in [0.05, 0.1) is 30.7 Å². The number of amides is 1. The molecule has 2 atom stereocenters. The van der Waals surface area contributed by atoms with E-state index < -0.39 is 17.9 Å². The lowest BCUT2D eigenvalue weighted by atomic mass is 10.1. The van der Waals surface area contributed by atoms with Gasteiger partial charge < -0.3 is 15.0 Å². The van der Waals surface area contributed by atoms with Crippen LogP contribution in [0.4, 0.5) is 24.7 Å². The Hall–Kier alpha value is -3.48. The number of aromatic nitrogens is 6. The van der Waals surface area contributed by atoms with Gasteiger partial charge in [-0.05, 0) is 25.0 Å². The Balaban J connectivity index is 1.42. The number of methoxy groups -OCH3 is 1. The lowest BCUT2D eigenvalue weighted by Crippen LogP contribution is -2.52. The molecule has 34 heavy (non-hydrogen) atoms. The van der Waals surface area contributed by atoms with E-state index in [9.17, 15) is 18.0 Å². The summed E-state index contributed by atoms with van der Waals surface area (Å²) >= 11 is 0. The summed E-state index contributed by atoms with van der Waals surface area (Å²) in [5.74, 6) is 1.04. The Morgan fingerprint density at radius 1 is 1.24 bits per heavy atom. The molecule has 0 radical (unpaired) electrons. The Morgan fingerprint density at radius 2 is 2.00 bits per heavy atom. The highest BCUT2D eigenvalue weighted by Gasteiger charge is 2.36. The minimum absolute atomic E-state index is 0.165. The van der Waals surface area contributed by atoms with Crippen LogP contribution in [0.2, 0.25) is 0 Å². The number of nitrogens with one attached hydrogen (secondary N) is 1. The van der Waals surface area contributed by atoms with Crippen LogP contribution < -0.4 is 10.2 Å². The fourth-order valence-electron chi connectivity index (χ4n) is 3.89. The maximum Gasteiger partial charge on any atom is 0.435 e. The Labute approximate surface area is 193 Å². The maximum absolute atomic E-state index is 12.9. The van der Waals surface area contributed by atoms with Crippen molar-refractivity contribution in [3.8, 4) is 0 Å². The molecule has 1 aliphatic heterocycles. The minimum Gasteiger partial charge on any atom is -0.379 e. The highest BCUT2D eigenvalue weighted by Crippen LogP contribution is 2.30. The van der Waals surface area contributed by atoms with Gasteiger partial charge in [-0.3, -0.25) is 14.2 Å². The average molecular weight is 478 g/mol. The number of hydrogen-bond donors (Lipinski definition) is 1. The predicted molar refractivity (Wildman–Crippen MR) is 116 cm³/mol. The molecule has 4 rings (SSSR count). The van der Waals surface area contributed by atoms with E-state index in [4.69, 9.17) is 4.74 Å². The standard InChI is InChI=1S/C21H25F3N8O2/c1-12(34-4)18-20(33)27-15-9-25-17(28-19(15)30(18)2)6-5-13-8-26-32(10-13)11-14-7-16(21(22,23)24)29-31(14)3/h7-10,12,18H,5-6,11H2,1-4H3,(H,27,33)/t12-,18-/m0/s1. The molecular formula is C21H25F3N8O2. The molecule has 10 nitrogen and oxygen atoms in total. The summed E-state index contributed by atoms with van der Waals surface area (Å²) in [7, 11) is 4.82. The van der Waals surface area contributed by atoms with Crippen LogP contribution in [0.25, 0.3) is 0 Å². The van der Waals surface area contributed by atoms with Crippen molar-refractivity contribution in [2.45, 2.75) is 44.6 Å². The van der Waals surface area contributed by atoms with Crippen LogP contribution in [0.3, 0.4) is 0 Å². The number of likely N-dealkylation sites (N-methyl/N-ethyl adjacent to an activating group) is 1. The van der Waals surface area contributed by atoms with Crippen molar-refractivity contribution in [2.24, 2.45) is 7.05 Å². The first-order valence-corrected chi connectivity index (χ1v) is 10.6. The molecule has 182 valence electrons. The van der Waals surface area contributed by atoms with Crippen LogP contribution in [0.1, 0.15) is 29.7 Å². The SMILES string of the molecule is CO[C@@H](C)[C@H]1C(=O)Nc2cnc(CCc3cnn(Cc4cc(C(F)(F)F)nn4C)c3)nc2N1C. The van der Waals surface area contributed by atoms with Gasteiger partial charge in [-0.15, -0.1) is 0 Å². The second kappa shape index (κ2) is 9.05. The normalized spacial score (nSPS) is 17.0. The van der Waals surface area contributed by atoms with Gasteiger partial charge in [-0.25, -0.2) is 9.97 Å². The van der Waals surface area contributed by atoms with Crippen LogP contribution in [0.15, 0.2) is 24.7 Å². The van der Waals surface area contributed by atoms with Crippen molar-refractivity contribution >= 4 is 17.4 Å². The topological polar surface area (TPSA) is 103 Å². The minimum atomic E-state index is -4.49. The zero-order valence-electron chi connectivity index (χ0n) is 19.2. The molecule has 0 spiro atoms. The fourth-order valence-corrected chi connectivity index (χ4v) is 3.89. The van der Waals surface area contributed by atoms with E-state index in [0.717, 1.165) is 11.6 Å². The van der Waals surface area contributed by atoms with Gasteiger partial charge in [0.25, 0.3) is 0 Å². The van der Waals surface area contributed by atoms with Gasteiger partial charge in [0.2, 0.25) is 5.91 Å². The van der Waals surface area contributed by atoms with E-state index in [2.05, 4.69) is 25.5 Å². The zero-order chi connectivity index (χ0) is 24.6. The van der Waals surface area contributed by atoms with E-state index in [1.54, 1.807) is 42.3 Å². The summed E-state index contributed by atoms with van der Waals surface area (Å²) in [5, 5.41) is 10.6. The number of alkyl halides is 3. The first-order valence-electron chi connectivity index (χ1n) is 10.6. The summed E-state index contributed by atoms with van der Waals surface area (Å²) < 4.78 is 46.7. The number of rotatable bonds is 7. The smallest absolute Gasteiger partial charge is 0.379 e. The lowest BCUT2D eigenvalue weighted by Gasteiger charge is -2.36. The molecule has 3 aromatic heterocycles. The number of carbonyl (C=O) groups is 1. The summed E-state index contributed by atoms with van der Waals surface area (Å²) in [6.45, 7) is 1.99. The van der Waals surface area contributed by atoms with E-state index in [0.29, 0.717) is 35.9 Å². The Bertz CT molecular complexity index is 1190.